The van der Waals surface area contributed by atoms with Crippen molar-refractivity contribution in [2.24, 2.45) is 11.8 Å². The Morgan fingerprint density at radius 1 is 1.40 bits per heavy atom. The van der Waals surface area contributed by atoms with Crippen LogP contribution in [0.5, 0.6) is 0 Å². The zero-order valence-electron chi connectivity index (χ0n) is 9.37. The molecule has 0 spiro atoms. The van der Waals surface area contributed by atoms with Gasteiger partial charge in [0.2, 0.25) is 0 Å². The molecule has 1 aliphatic carbocycles. The van der Waals surface area contributed by atoms with Crippen molar-refractivity contribution < 1.29 is 14.6 Å². The van der Waals surface area contributed by atoms with Crippen molar-refractivity contribution in [1.29, 1.82) is 0 Å². The number of hydrogen-bond acceptors (Lipinski definition) is 3. The maximum atomic E-state index is 11.2. The first kappa shape index (κ1) is 12.2. The van der Waals surface area contributed by atoms with Crippen molar-refractivity contribution in [1.82, 2.24) is 0 Å². The van der Waals surface area contributed by atoms with Gasteiger partial charge in [0.25, 0.3) is 0 Å². The van der Waals surface area contributed by atoms with E-state index in [9.17, 15) is 9.90 Å². The lowest BCUT2D eigenvalue weighted by Crippen LogP contribution is -2.27. The van der Waals surface area contributed by atoms with E-state index in [1.54, 1.807) is 6.92 Å². The van der Waals surface area contributed by atoms with Gasteiger partial charge in [-0.15, -0.1) is 0 Å². The molecule has 1 fully saturated rings. The molecule has 1 saturated carbocycles. The molecule has 1 rings (SSSR count). The van der Waals surface area contributed by atoms with Gasteiger partial charge in [-0.25, -0.2) is 4.79 Å². The molecule has 2 unspecified atom stereocenters. The number of esters is 1. The van der Waals surface area contributed by atoms with Gasteiger partial charge in [-0.2, -0.15) is 0 Å². The minimum atomic E-state index is -0.322. The molecule has 0 saturated heterocycles. The van der Waals surface area contributed by atoms with Crippen molar-refractivity contribution in [3.63, 3.8) is 0 Å². The molecule has 0 amide bonds. The van der Waals surface area contributed by atoms with Gasteiger partial charge in [-0.1, -0.05) is 19.4 Å². The van der Waals surface area contributed by atoms with Crippen molar-refractivity contribution in [3.8, 4) is 0 Å². The van der Waals surface area contributed by atoms with Gasteiger partial charge in [0, 0.05) is 12.2 Å². The SMILES string of the molecule is C=C(C)C(=O)OCC1CCCCC1CO. The third-order valence-corrected chi connectivity index (χ3v) is 3.08. The van der Waals surface area contributed by atoms with Crippen molar-refractivity contribution >= 4 is 5.97 Å². The van der Waals surface area contributed by atoms with Gasteiger partial charge < -0.3 is 9.84 Å². The molecule has 3 heteroatoms. The van der Waals surface area contributed by atoms with Crippen LogP contribution in [0.1, 0.15) is 32.6 Å². The first-order valence-electron chi connectivity index (χ1n) is 5.58. The smallest absolute Gasteiger partial charge is 0.333 e. The standard InChI is InChI=1S/C12H20O3/c1-9(2)12(14)15-8-11-6-4-3-5-10(11)7-13/h10-11,13H,1,3-8H2,2H3. The molecular weight excluding hydrogens is 192 g/mol. The second kappa shape index (κ2) is 5.91. The molecule has 0 aromatic rings. The van der Waals surface area contributed by atoms with Gasteiger partial charge in [0.1, 0.15) is 0 Å². The molecule has 1 N–H and O–H groups in total. The average molecular weight is 212 g/mol. The van der Waals surface area contributed by atoms with Gasteiger partial charge in [-0.3, -0.25) is 0 Å². The van der Waals surface area contributed by atoms with Crippen molar-refractivity contribution in [3.05, 3.63) is 12.2 Å². The normalized spacial score (nSPS) is 26.0. The summed E-state index contributed by atoms with van der Waals surface area (Å²) in [6.45, 7) is 5.81. The van der Waals surface area contributed by atoms with Crippen LogP contribution < -0.4 is 0 Å². The fourth-order valence-electron chi connectivity index (χ4n) is 2.05. The van der Waals surface area contributed by atoms with Crippen LogP contribution in [0.3, 0.4) is 0 Å². The summed E-state index contributed by atoms with van der Waals surface area (Å²) in [6, 6.07) is 0. The predicted molar refractivity (Wildman–Crippen MR) is 58.3 cm³/mol. The number of rotatable bonds is 4. The zero-order valence-corrected chi connectivity index (χ0v) is 9.37. The van der Waals surface area contributed by atoms with E-state index in [0.717, 1.165) is 12.8 Å². The van der Waals surface area contributed by atoms with Gasteiger partial charge in [0.05, 0.1) is 6.61 Å². The maximum Gasteiger partial charge on any atom is 0.333 e. The van der Waals surface area contributed by atoms with Crippen LogP contribution in [0.15, 0.2) is 12.2 Å². The summed E-state index contributed by atoms with van der Waals surface area (Å²) in [7, 11) is 0. The Labute approximate surface area is 91.1 Å². The molecular formula is C12H20O3. The zero-order chi connectivity index (χ0) is 11.3. The minimum Gasteiger partial charge on any atom is -0.462 e. The van der Waals surface area contributed by atoms with Crippen LogP contribution in [-0.4, -0.2) is 24.3 Å². The molecule has 0 aliphatic heterocycles. The Morgan fingerprint density at radius 2 is 2.00 bits per heavy atom. The third kappa shape index (κ3) is 3.67. The highest BCUT2D eigenvalue weighted by atomic mass is 16.5. The Bertz CT molecular complexity index is 235. The number of carbonyl (C=O) groups excluding carboxylic acids is 1. The molecule has 15 heavy (non-hydrogen) atoms. The maximum absolute atomic E-state index is 11.2. The number of aliphatic hydroxyl groups excluding tert-OH is 1. The van der Waals surface area contributed by atoms with E-state index >= 15 is 0 Å². The number of carbonyl (C=O) groups is 1. The quantitative estimate of drug-likeness (QED) is 0.572. The molecule has 1 aliphatic rings. The van der Waals surface area contributed by atoms with Gasteiger partial charge in [0.15, 0.2) is 0 Å². The summed E-state index contributed by atoms with van der Waals surface area (Å²) >= 11 is 0. The van der Waals surface area contributed by atoms with E-state index in [1.807, 2.05) is 0 Å². The van der Waals surface area contributed by atoms with Crippen molar-refractivity contribution in [2.75, 3.05) is 13.2 Å². The monoisotopic (exact) mass is 212 g/mol. The lowest BCUT2D eigenvalue weighted by molar-refractivity contribution is -0.141. The highest BCUT2D eigenvalue weighted by Crippen LogP contribution is 2.29. The third-order valence-electron chi connectivity index (χ3n) is 3.08. The number of aliphatic hydroxyl groups is 1. The van der Waals surface area contributed by atoms with Crippen LogP contribution >= 0.6 is 0 Å². The molecule has 0 heterocycles. The molecule has 0 radical (unpaired) electrons. The summed E-state index contributed by atoms with van der Waals surface area (Å²) in [5.41, 5.74) is 0.436. The lowest BCUT2D eigenvalue weighted by Gasteiger charge is -2.29. The van der Waals surface area contributed by atoms with Gasteiger partial charge >= 0.3 is 5.97 Å². The van der Waals surface area contributed by atoms with Crippen LogP contribution in [-0.2, 0) is 9.53 Å². The summed E-state index contributed by atoms with van der Waals surface area (Å²) < 4.78 is 5.13. The van der Waals surface area contributed by atoms with Crippen LogP contribution in [0.25, 0.3) is 0 Å². The summed E-state index contributed by atoms with van der Waals surface area (Å²) in [6.07, 6.45) is 4.45. The number of hydrogen-bond donors (Lipinski definition) is 1. The molecule has 0 aromatic carbocycles. The Kier molecular flexibility index (Phi) is 4.82. The van der Waals surface area contributed by atoms with E-state index in [2.05, 4.69) is 6.58 Å². The topological polar surface area (TPSA) is 46.5 Å². The largest absolute Gasteiger partial charge is 0.462 e. The highest BCUT2D eigenvalue weighted by Gasteiger charge is 2.25. The fourth-order valence-corrected chi connectivity index (χ4v) is 2.05. The minimum absolute atomic E-state index is 0.204. The van der Waals surface area contributed by atoms with E-state index in [1.165, 1.54) is 12.8 Å². The van der Waals surface area contributed by atoms with E-state index in [-0.39, 0.29) is 12.6 Å². The van der Waals surface area contributed by atoms with E-state index in [4.69, 9.17) is 4.74 Å². The Hall–Kier alpha value is -0.830. The van der Waals surface area contributed by atoms with Crippen LogP contribution in [0, 0.1) is 11.8 Å². The Balaban J connectivity index is 2.35. The second-order valence-electron chi connectivity index (χ2n) is 4.37. The van der Waals surface area contributed by atoms with Gasteiger partial charge in [-0.05, 0) is 31.6 Å². The second-order valence-corrected chi connectivity index (χ2v) is 4.37. The summed E-state index contributed by atoms with van der Waals surface area (Å²) in [5.74, 6) is 0.306. The fraction of sp³-hybridized carbons (Fsp3) is 0.750. The summed E-state index contributed by atoms with van der Waals surface area (Å²) in [5, 5.41) is 9.18. The molecule has 0 aromatic heterocycles. The average Bonchev–Trinajstić information content (AvgIpc) is 2.26. The molecule has 3 nitrogen and oxygen atoms in total. The van der Waals surface area contributed by atoms with Crippen LogP contribution in [0.4, 0.5) is 0 Å². The van der Waals surface area contributed by atoms with Crippen molar-refractivity contribution in [2.45, 2.75) is 32.6 Å². The lowest BCUT2D eigenvalue weighted by atomic mass is 9.80. The Morgan fingerprint density at radius 3 is 2.53 bits per heavy atom. The molecule has 0 bridgehead atoms. The first-order chi connectivity index (χ1) is 7.15. The highest BCUT2D eigenvalue weighted by molar-refractivity contribution is 5.86. The molecule has 2 atom stereocenters. The predicted octanol–water partition coefficient (Wildman–Crippen LogP) is 1.90. The van der Waals surface area contributed by atoms with Crippen LogP contribution in [0.2, 0.25) is 0 Å². The first-order valence-corrected chi connectivity index (χ1v) is 5.58. The number of ether oxygens (including phenoxy) is 1. The molecule has 86 valence electrons. The summed E-state index contributed by atoms with van der Waals surface area (Å²) in [4.78, 5) is 11.2. The van der Waals surface area contributed by atoms with E-state index < -0.39 is 0 Å². The van der Waals surface area contributed by atoms with E-state index in [0.29, 0.717) is 24.0 Å².